The molecule has 2 heterocycles. The van der Waals surface area contributed by atoms with Gasteiger partial charge in [-0.3, -0.25) is 0 Å². The van der Waals surface area contributed by atoms with Gasteiger partial charge in [-0.2, -0.15) is 0 Å². The molecule has 0 atom stereocenters. The predicted molar refractivity (Wildman–Crippen MR) is 74.9 cm³/mol. The van der Waals surface area contributed by atoms with Gasteiger partial charge in [0, 0.05) is 29.6 Å². The van der Waals surface area contributed by atoms with E-state index >= 15 is 0 Å². The molecule has 6 heteroatoms. The van der Waals surface area contributed by atoms with Crippen molar-refractivity contribution in [1.29, 1.82) is 0 Å². The lowest BCUT2D eigenvalue weighted by molar-refractivity contribution is 0.959. The molecule has 0 aliphatic heterocycles. The van der Waals surface area contributed by atoms with E-state index in [1.54, 1.807) is 11.3 Å². The molecule has 0 amide bonds. The molecule has 5 nitrogen and oxygen atoms in total. The number of hydrogen-bond donors (Lipinski definition) is 2. The molecule has 0 unspecified atom stereocenters. The third kappa shape index (κ3) is 2.95. The largest absolute Gasteiger partial charge is 0.383 e. The van der Waals surface area contributed by atoms with Crippen LogP contribution in [0.15, 0.2) is 11.7 Å². The Hall–Kier alpha value is -1.69. The lowest BCUT2D eigenvalue weighted by Crippen LogP contribution is -2.10. The van der Waals surface area contributed by atoms with E-state index in [9.17, 15) is 0 Å². The van der Waals surface area contributed by atoms with Crippen molar-refractivity contribution in [2.75, 3.05) is 17.6 Å². The number of aromatic nitrogens is 3. The van der Waals surface area contributed by atoms with Gasteiger partial charge in [-0.05, 0) is 13.3 Å². The van der Waals surface area contributed by atoms with E-state index in [-0.39, 0.29) is 0 Å². The molecule has 2 aromatic heterocycles. The average molecular weight is 263 g/mol. The zero-order chi connectivity index (χ0) is 13.0. The highest BCUT2D eigenvalue weighted by Gasteiger charge is 2.06. The Balaban J connectivity index is 1.96. The van der Waals surface area contributed by atoms with Crippen LogP contribution in [0.25, 0.3) is 0 Å². The number of thiazole rings is 1. The monoisotopic (exact) mass is 263 g/mol. The van der Waals surface area contributed by atoms with E-state index in [0.717, 1.165) is 41.5 Å². The fraction of sp³-hybridized carbons (Fsp3) is 0.417. The van der Waals surface area contributed by atoms with Crippen molar-refractivity contribution in [1.82, 2.24) is 15.0 Å². The van der Waals surface area contributed by atoms with Crippen LogP contribution >= 0.6 is 11.3 Å². The summed E-state index contributed by atoms with van der Waals surface area (Å²) in [5.41, 5.74) is 7.88. The Labute approximate surface area is 111 Å². The van der Waals surface area contributed by atoms with Gasteiger partial charge in [0.1, 0.15) is 18.0 Å². The molecule has 0 radical (unpaired) electrons. The average Bonchev–Trinajstić information content (AvgIpc) is 2.75. The zero-order valence-electron chi connectivity index (χ0n) is 10.6. The topological polar surface area (TPSA) is 76.7 Å². The second-order valence-corrected chi connectivity index (χ2v) is 4.94. The van der Waals surface area contributed by atoms with Crippen LogP contribution in [0.5, 0.6) is 0 Å². The van der Waals surface area contributed by atoms with Crippen molar-refractivity contribution in [3.05, 3.63) is 28.0 Å². The smallest absolute Gasteiger partial charge is 0.134 e. The first-order valence-electron chi connectivity index (χ1n) is 5.95. The number of nitrogen functional groups attached to an aromatic ring is 1. The van der Waals surface area contributed by atoms with E-state index in [0.29, 0.717) is 5.82 Å². The molecule has 0 spiro atoms. The second kappa shape index (κ2) is 5.77. The Bertz CT molecular complexity index is 523. The molecule has 0 fully saturated rings. The molecule has 0 aliphatic carbocycles. The van der Waals surface area contributed by atoms with Crippen LogP contribution < -0.4 is 11.1 Å². The molecule has 2 aromatic rings. The summed E-state index contributed by atoms with van der Waals surface area (Å²) < 4.78 is 0. The van der Waals surface area contributed by atoms with E-state index < -0.39 is 0 Å². The maximum Gasteiger partial charge on any atom is 0.134 e. The maximum atomic E-state index is 5.82. The summed E-state index contributed by atoms with van der Waals surface area (Å²) in [5.74, 6) is 1.39. The SMILES string of the molecule is CCc1c(N)ncnc1NCCc1nc(C)cs1. The standard InChI is InChI=1S/C12H17N5S/c1-3-9-11(13)15-7-16-12(9)14-5-4-10-17-8(2)6-18-10/h6-7H,3-5H2,1-2H3,(H3,13,14,15,16). The molecule has 0 saturated heterocycles. The van der Waals surface area contributed by atoms with E-state index in [2.05, 4.69) is 25.6 Å². The number of rotatable bonds is 5. The molecule has 96 valence electrons. The van der Waals surface area contributed by atoms with Crippen LogP contribution in [0, 0.1) is 6.92 Å². The fourth-order valence-corrected chi connectivity index (χ4v) is 2.51. The molecule has 18 heavy (non-hydrogen) atoms. The highest BCUT2D eigenvalue weighted by Crippen LogP contribution is 2.17. The van der Waals surface area contributed by atoms with Crippen LogP contribution in [0.4, 0.5) is 11.6 Å². The quantitative estimate of drug-likeness (QED) is 0.863. The molecule has 2 rings (SSSR count). The van der Waals surface area contributed by atoms with Crippen molar-refractivity contribution >= 4 is 23.0 Å². The van der Waals surface area contributed by atoms with Crippen LogP contribution in [0.2, 0.25) is 0 Å². The summed E-state index contributed by atoms with van der Waals surface area (Å²) in [6.45, 7) is 4.86. The van der Waals surface area contributed by atoms with Gasteiger partial charge in [0.2, 0.25) is 0 Å². The van der Waals surface area contributed by atoms with Crippen LogP contribution in [-0.2, 0) is 12.8 Å². The first kappa shape index (κ1) is 12.8. The van der Waals surface area contributed by atoms with Crippen molar-refractivity contribution in [2.45, 2.75) is 26.7 Å². The number of nitrogens with one attached hydrogen (secondary N) is 1. The van der Waals surface area contributed by atoms with E-state index in [1.165, 1.54) is 6.33 Å². The number of nitrogens with two attached hydrogens (primary N) is 1. The minimum Gasteiger partial charge on any atom is -0.383 e. The van der Waals surface area contributed by atoms with Gasteiger partial charge in [-0.15, -0.1) is 11.3 Å². The second-order valence-electron chi connectivity index (χ2n) is 4.00. The predicted octanol–water partition coefficient (Wildman–Crippen LogP) is 2.04. The van der Waals surface area contributed by atoms with Gasteiger partial charge in [0.25, 0.3) is 0 Å². The summed E-state index contributed by atoms with van der Waals surface area (Å²) in [6, 6.07) is 0. The first-order valence-corrected chi connectivity index (χ1v) is 6.83. The van der Waals surface area contributed by atoms with Gasteiger partial charge in [-0.25, -0.2) is 15.0 Å². The third-order valence-corrected chi connectivity index (χ3v) is 3.66. The highest BCUT2D eigenvalue weighted by atomic mass is 32.1. The zero-order valence-corrected chi connectivity index (χ0v) is 11.4. The summed E-state index contributed by atoms with van der Waals surface area (Å²) in [4.78, 5) is 12.6. The van der Waals surface area contributed by atoms with Crippen molar-refractivity contribution < 1.29 is 0 Å². The number of hydrogen-bond acceptors (Lipinski definition) is 6. The summed E-state index contributed by atoms with van der Waals surface area (Å²) >= 11 is 1.69. The van der Waals surface area contributed by atoms with Crippen molar-refractivity contribution in [2.24, 2.45) is 0 Å². The van der Waals surface area contributed by atoms with Gasteiger partial charge in [0.15, 0.2) is 0 Å². The summed E-state index contributed by atoms with van der Waals surface area (Å²) in [6.07, 6.45) is 3.21. The van der Waals surface area contributed by atoms with Gasteiger partial charge < -0.3 is 11.1 Å². The maximum absolute atomic E-state index is 5.82. The first-order chi connectivity index (χ1) is 8.70. The van der Waals surface area contributed by atoms with Crippen LogP contribution in [0.1, 0.15) is 23.2 Å². The lowest BCUT2D eigenvalue weighted by Gasteiger charge is -2.10. The number of nitrogens with zero attached hydrogens (tertiary/aromatic N) is 3. The Kier molecular flexibility index (Phi) is 4.09. The lowest BCUT2D eigenvalue weighted by atomic mass is 10.2. The third-order valence-electron chi connectivity index (χ3n) is 2.63. The minimum atomic E-state index is 0.556. The summed E-state index contributed by atoms with van der Waals surface area (Å²) in [7, 11) is 0. The summed E-state index contributed by atoms with van der Waals surface area (Å²) in [5, 5.41) is 6.50. The molecule has 0 aromatic carbocycles. The van der Waals surface area contributed by atoms with Gasteiger partial charge in [-0.1, -0.05) is 6.92 Å². The minimum absolute atomic E-state index is 0.556. The molecule has 0 aliphatic rings. The number of aryl methyl sites for hydroxylation is 1. The van der Waals surface area contributed by atoms with Crippen LogP contribution in [0.3, 0.4) is 0 Å². The Morgan fingerprint density at radius 1 is 1.39 bits per heavy atom. The van der Waals surface area contributed by atoms with Crippen LogP contribution in [-0.4, -0.2) is 21.5 Å². The Morgan fingerprint density at radius 2 is 2.22 bits per heavy atom. The molecule has 3 N–H and O–H groups in total. The normalized spacial score (nSPS) is 10.6. The highest BCUT2D eigenvalue weighted by molar-refractivity contribution is 7.09. The Morgan fingerprint density at radius 3 is 2.89 bits per heavy atom. The fourth-order valence-electron chi connectivity index (χ4n) is 1.73. The van der Waals surface area contributed by atoms with E-state index in [4.69, 9.17) is 5.73 Å². The van der Waals surface area contributed by atoms with Crippen molar-refractivity contribution in [3.8, 4) is 0 Å². The van der Waals surface area contributed by atoms with Crippen molar-refractivity contribution in [3.63, 3.8) is 0 Å². The number of anilines is 2. The molecular weight excluding hydrogens is 246 g/mol. The molecule has 0 bridgehead atoms. The molecule has 0 saturated carbocycles. The van der Waals surface area contributed by atoms with E-state index in [1.807, 2.05) is 13.8 Å². The molecular formula is C12H17N5S. The van der Waals surface area contributed by atoms with Gasteiger partial charge in [0.05, 0.1) is 5.01 Å². The van der Waals surface area contributed by atoms with Gasteiger partial charge >= 0.3 is 0 Å².